The van der Waals surface area contributed by atoms with Crippen LogP contribution >= 0.6 is 0 Å². The lowest BCUT2D eigenvalue weighted by Crippen LogP contribution is -2.24. The van der Waals surface area contributed by atoms with Gasteiger partial charge in [0.05, 0.1) is 26.1 Å². The number of nitrogens with two attached hydrogens (primary N) is 1. The first-order valence-corrected chi connectivity index (χ1v) is 5.93. The number of aromatic nitrogens is 2. The Labute approximate surface area is 116 Å². The number of benzene rings is 1. The molecule has 0 saturated heterocycles. The molecule has 0 spiro atoms. The maximum atomic E-state index is 11.9. The summed E-state index contributed by atoms with van der Waals surface area (Å²) in [4.78, 5) is 11.9. The molecule has 1 heterocycles. The van der Waals surface area contributed by atoms with Gasteiger partial charge in [0.2, 0.25) is 0 Å². The zero-order valence-corrected chi connectivity index (χ0v) is 11.3. The fraction of sp³-hybridized carbons (Fsp3) is 0.231. The highest BCUT2D eigenvalue weighted by molar-refractivity contribution is 5.96. The Kier molecular flexibility index (Phi) is 4.09. The van der Waals surface area contributed by atoms with Gasteiger partial charge in [-0.05, 0) is 17.7 Å². The minimum atomic E-state index is -0.310. The predicted octanol–water partition coefficient (Wildman–Crippen LogP) is 0.939. The van der Waals surface area contributed by atoms with Gasteiger partial charge in [-0.2, -0.15) is 5.10 Å². The molecule has 1 amide bonds. The van der Waals surface area contributed by atoms with Crippen LogP contribution in [0.15, 0.2) is 24.4 Å². The molecule has 0 fully saturated rings. The van der Waals surface area contributed by atoms with E-state index in [2.05, 4.69) is 15.5 Å². The standard InChI is InChI=1S/C13H16N4O3/c1-19-10-4-3-8(5-11(10)20-2)6-15-13(18)12-9(14)7-16-17-12/h3-5,7H,6,14H2,1-2H3,(H,15,18)(H,16,17). The Balaban J connectivity index is 2.04. The zero-order chi connectivity index (χ0) is 14.5. The van der Waals surface area contributed by atoms with E-state index in [0.717, 1.165) is 5.56 Å². The van der Waals surface area contributed by atoms with Crippen molar-refractivity contribution in [2.75, 3.05) is 20.0 Å². The number of amides is 1. The number of hydrogen-bond donors (Lipinski definition) is 3. The van der Waals surface area contributed by atoms with Crippen LogP contribution in [-0.2, 0) is 6.54 Å². The monoisotopic (exact) mass is 276 g/mol. The van der Waals surface area contributed by atoms with Crippen LogP contribution in [0.2, 0.25) is 0 Å². The Morgan fingerprint density at radius 3 is 2.70 bits per heavy atom. The molecule has 0 aliphatic rings. The summed E-state index contributed by atoms with van der Waals surface area (Å²) in [5, 5.41) is 9.00. The van der Waals surface area contributed by atoms with Gasteiger partial charge in [0.15, 0.2) is 11.5 Å². The quantitative estimate of drug-likeness (QED) is 0.754. The van der Waals surface area contributed by atoms with E-state index >= 15 is 0 Å². The summed E-state index contributed by atoms with van der Waals surface area (Å²) >= 11 is 0. The van der Waals surface area contributed by atoms with Crippen LogP contribution in [0.5, 0.6) is 11.5 Å². The van der Waals surface area contributed by atoms with E-state index in [-0.39, 0.29) is 11.6 Å². The summed E-state index contributed by atoms with van der Waals surface area (Å²) in [5.74, 6) is 0.940. The van der Waals surface area contributed by atoms with Crippen molar-refractivity contribution in [3.63, 3.8) is 0 Å². The number of hydrogen-bond acceptors (Lipinski definition) is 5. The van der Waals surface area contributed by atoms with Gasteiger partial charge in [-0.15, -0.1) is 0 Å². The van der Waals surface area contributed by atoms with Crippen LogP contribution in [0.4, 0.5) is 5.69 Å². The number of ether oxygens (including phenoxy) is 2. The third-order valence-electron chi connectivity index (χ3n) is 2.80. The molecule has 4 N–H and O–H groups in total. The lowest BCUT2D eigenvalue weighted by molar-refractivity contribution is 0.0946. The Morgan fingerprint density at radius 1 is 1.35 bits per heavy atom. The molecule has 0 aliphatic heterocycles. The average Bonchev–Trinajstić information content (AvgIpc) is 2.90. The van der Waals surface area contributed by atoms with Crippen LogP contribution in [0.3, 0.4) is 0 Å². The van der Waals surface area contributed by atoms with Gasteiger partial charge in [0.1, 0.15) is 5.69 Å². The van der Waals surface area contributed by atoms with Crippen molar-refractivity contribution in [2.24, 2.45) is 0 Å². The topological polar surface area (TPSA) is 102 Å². The number of H-pyrrole nitrogens is 1. The number of rotatable bonds is 5. The van der Waals surface area contributed by atoms with E-state index in [1.807, 2.05) is 6.07 Å². The third-order valence-corrected chi connectivity index (χ3v) is 2.80. The summed E-state index contributed by atoms with van der Waals surface area (Å²) in [7, 11) is 3.13. The summed E-state index contributed by atoms with van der Waals surface area (Å²) in [5.41, 5.74) is 7.06. The lowest BCUT2D eigenvalue weighted by Gasteiger charge is -2.10. The molecule has 1 aromatic heterocycles. The molecule has 20 heavy (non-hydrogen) atoms. The van der Waals surface area contributed by atoms with E-state index in [1.54, 1.807) is 26.4 Å². The van der Waals surface area contributed by atoms with Gasteiger partial charge in [-0.25, -0.2) is 0 Å². The maximum absolute atomic E-state index is 11.9. The molecule has 0 bridgehead atoms. The number of carbonyl (C=O) groups excluding carboxylic acids is 1. The highest BCUT2D eigenvalue weighted by Crippen LogP contribution is 2.27. The number of aromatic amines is 1. The lowest BCUT2D eigenvalue weighted by atomic mass is 10.2. The molecule has 1 aromatic carbocycles. The Morgan fingerprint density at radius 2 is 2.10 bits per heavy atom. The minimum Gasteiger partial charge on any atom is -0.493 e. The number of anilines is 1. The number of carbonyl (C=O) groups is 1. The van der Waals surface area contributed by atoms with Crippen molar-refractivity contribution in [1.82, 2.24) is 15.5 Å². The van der Waals surface area contributed by atoms with E-state index < -0.39 is 0 Å². The zero-order valence-electron chi connectivity index (χ0n) is 11.3. The second kappa shape index (κ2) is 5.96. The van der Waals surface area contributed by atoms with Gasteiger partial charge < -0.3 is 20.5 Å². The molecule has 0 unspecified atom stereocenters. The molecule has 0 atom stereocenters. The van der Waals surface area contributed by atoms with Crippen molar-refractivity contribution in [3.8, 4) is 11.5 Å². The molecule has 0 aliphatic carbocycles. The smallest absolute Gasteiger partial charge is 0.271 e. The van der Waals surface area contributed by atoms with Crippen molar-refractivity contribution in [1.29, 1.82) is 0 Å². The van der Waals surface area contributed by atoms with Gasteiger partial charge in [0, 0.05) is 6.54 Å². The van der Waals surface area contributed by atoms with Gasteiger partial charge in [-0.1, -0.05) is 6.07 Å². The molecule has 7 heteroatoms. The molecular weight excluding hydrogens is 260 g/mol. The normalized spacial score (nSPS) is 10.1. The molecule has 7 nitrogen and oxygen atoms in total. The van der Waals surface area contributed by atoms with E-state index in [4.69, 9.17) is 15.2 Å². The summed E-state index contributed by atoms with van der Waals surface area (Å²) < 4.78 is 10.4. The van der Waals surface area contributed by atoms with Gasteiger partial charge >= 0.3 is 0 Å². The summed E-state index contributed by atoms with van der Waals surface area (Å²) in [6.07, 6.45) is 1.39. The fourth-order valence-corrected chi connectivity index (χ4v) is 1.74. The molecule has 2 aromatic rings. The molecule has 2 rings (SSSR count). The summed E-state index contributed by atoms with van der Waals surface area (Å²) in [6.45, 7) is 0.345. The SMILES string of the molecule is COc1ccc(CNC(=O)c2[nH]ncc2N)cc1OC. The number of nitrogens with one attached hydrogen (secondary N) is 2. The maximum Gasteiger partial charge on any atom is 0.271 e. The van der Waals surface area contributed by atoms with Crippen LogP contribution in [0.1, 0.15) is 16.1 Å². The first kappa shape index (κ1) is 13.7. The van der Waals surface area contributed by atoms with E-state index in [0.29, 0.717) is 23.7 Å². The average molecular weight is 276 g/mol. The number of methoxy groups -OCH3 is 2. The van der Waals surface area contributed by atoms with Crippen molar-refractivity contribution in [2.45, 2.75) is 6.54 Å². The first-order chi connectivity index (χ1) is 9.65. The fourth-order valence-electron chi connectivity index (χ4n) is 1.74. The van der Waals surface area contributed by atoms with Crippen molar-refractivity contribution in [3.05, 3.63) is 35.7 Å². The number of nitrogen functional groups attached to an aromatic ring is 1. The van der Waals surface area contributed by atoms with Crippen LogP contribution in [-0.4, -0.2) is 30.3 Å². The van der Waals surface area contributed by atoms with Crippen LogP contribution < -0.4 is 20.5 Å². The highest BCUT2D eigenvalue weighted by atomic mass is 16.5. The van der Waals surface area contributed by atoms with Gasteiger partial charge in [0.25, 0.3) is 5.91 Å². The van der Waals surface area contributed by atoms with E-state index in [9.17, 15) is 4.79 Å². The Hall–Kier alpha value is -2.70. The van der Waals surface area contributed by atoms with Crippen LogP contribution in [0, 0.1) is 0 Å². The summed E-state index contributed by atoms with van der Waals surface area (Å²) in [6, 6.07) is 5.43. The molecule has 106 valence electrons. The minimum absolute atomic E-state index is 0.255. The molecule has 0 radical (unpaired) electrons. The van der Waals surface area contributed by atoms with E-state index in [1.165, 1.54) is 6.20 Å². The third kappa shape index (κ3) is 2.82. The first-order valence-electron chi connectivity index (χ1n) is 5.93. The van der Waals surface area contributed by atoms with Crippen molar-refractivity contribution < 1.29 is 14.3 Å². The number of nitrogens with zero attached hydrogens (tertiary/aromatic N) is 1. The molecular formula is C13H16N4O3. The Bertz CT molecular complexity index is 609. The second-order valence-electron chi connectivity index (χ2n) is 4.07. The van der Waals surface area contributed by atoms with Crippen LogP contribution in [0.25, 0.3) is 0 Å². The second-order valence-corrected chi connectivity index (χ2v) is 4.07. The highest BCUT2D eigenvalue weighted by Gasteiger charge is 2.11. The predicted molar refractivity (Wildman–Crippen MR) is 73.7 cm³/mol. The largest absolute Gasteiger partial charge is 0.493 e. The van der Waals surface area contributed by atoms with Gasteiger partial charge in [-0.3, -0.25) is 9.89 Å². The van der Waals surface area contributed by atoms with Crippen molar-refractivity contribution >= 4 is 11.6 Å². The molecule has 0 saturated carbocycles.